The summed E-state index contributed by atoms with van der Waals surface area (Å²) in [6, 6.07) is 3.08. The highest BCUT2D eigenvalue weighted by molar-refractivity contribution is 9.11. The molecule has 13 heavy (non-hydrogen) atoms. The number of aliphatic hydroxyl groups is 1. The van der Waals surface area contributed by atoms with Gasteiger partial charge in [-0.15, -0.1) is 11.3 Å². The number of hydrogen-bond donors (Lipinski definition) is 2. The van der Waals surface area contributed by atoms with Crippen molar-refractivity contribution in [2.24, 2.45) is 5.73 Å². The van der Waals surface area contributed by atoms with Gasteiger partial charge >= 0.3 is 0 Å². The second-order valence-corrected chi connectivity index (χ2v) is 7.18. The Morgan fingerprint density at radius 2 is 2.23 bits per heavy atom. The number of hydrogen-bond acceptors (Lipinski definition) is 5. The molecule has 0 fully saturated rings. The van der Waals surface area contributed by atoms with Crippen LogP contribution in [0.25, 0.3) is 0 Å². The number of rotatable bonds is 3. The molecule has 1 aromatic rings. The van der Waals surface area contributed by atoms with Crippen molar-refractivity contribution >= 4 is 37.1 Å². The molecule has 3 N–H and O–H groups in total. The van der Waals surface area contributed by atoms with Crippen LogP contribution in [0.2, 0.25) is 0 Å². The van der Waals surface area contributed by atoms with Crippen LogP contribution in [0.1, 0.15) is 0 Å². The molecule has 1 unspecified atom stereocenters. The molecule has 0 aliphatic heterocycles. The number of halogens is 1. The highest BCUT2D eigenvalue weighted by Gasteiger charge is 2.24. The van der Waals surface area contributed by atoms with E-state index < -0.39 is 21.8 Å². The van der Waals surface area contributed by atoms with Gasteiger partial charge in [-0.1, -0.05) is 0 Å². The average molecular weight is 286 g/mol. The molecule has 1 aromatic heterocycles. The van der Waals surface area contributed by atoms with Crippen LogP contribution in [0.4, 0.5) is 0 Å². The van der Waals surface area contributed by atoms with Crippen molar-refractivity contribution in [1.29, 1.82) is 0 Å². The van der Waals surface area contributed by atoms with E-state index in [2.05, 4.69) is 15.9 Å². The van der Waals surface area contributed by atoms with E-state index in [0.29, 0.717) is 0 Å². The summed E-state index contributed by atoms with van der Waals surface area (Å²) in [5.74, 6) is 0. The number of nitrogens with two attached hydrogens (primary N) is 1. The van der Waals surface area contributed by atoms with Crippen molar-refractivity contribution in [1.82, 2.24) is 0 Å². The van der Waals surface area contributed by atoms with Crippen LogP contribution in [0.3, 0.4) is 0 Å². The van der Waals surface area contributed by atoms with Crippen LogP contribution in [-0.2, 0) is 9.84 Å². The Labute approximate surface area is 88.4 Å². The van der Waals surface area contributed by atoms with E-state index in [1.807, 2.05) is 0 Å². The molecule has 1 atom stereocenters. The molecule has 1 heterocycles. The van der Waals surface area contributed by atoms with Crippen LogP contribution < -0.4 is 5.73 Å². The molecule has 0 bridgehead atoms. The predicted octanol–water partition coefficient (Wildman–Crippen LogP) is 0.561. The summed E-state index contributed by atoms with van der Waals surface area (Å²) in [5.41, 5.74) is 5.25. The molecule has 7 heteroatoms. The Morgan fingerprint density at radius 3 is 2.62 bits per heavy atom. The monoisotopic (exact) mass is 285 g/mol. The zero-order chi connectivity index (χ0) is 10.1. The zero-order valence-corrected chi connectivity index (χ0v) is 9.69. The third-order valence-electron chi connectivity index (χ3n) is 1.41. The Kier molecular flexibility index (Phi) is 3.47. The second-order valence-electron chi connectivity index (χ2n) is 2.32. The molecule has 0 aliphatic carbocycles. The SMILES string of the molecule is NC(CO)S(=O)(=O)c1ccc(Br)s1. The summed E-state index contributed by atoms with van der Waals surface area (Å²) in [7, 11) is -3.55. The molecule has 0 saturated heterocycles. The quantitative estimate of drug-likeness (QED) is 0.851. The normalized spacial score (nSPS) is 14.4. The van der Waals surface area contributed by atoms with Crippen LogP contribution in [0.15, 0.2) is 20.1 Å². The van der Waals surface area contributed by atoms with Gasteiger partial charge in [0.15, 0.2) is 0 Å². The smallest absolute Gasteiger partial charge is 0.205 e. The van der Waals surface area contributed by atoms with Gasteiger partial charge in [0.05, 0.1) is 10.4 Å². The Balaban J connectivity index is 3.08. The van der Waals surface area contributed by atoms with Crippen molar-refractivity contribution in [3.05, 3.63) is 15.9 Å². The van der Waals surface area contributed by atoms with Gasteiger partial charge in [0.25, 0.3) is 0 Å². The Hall–Kier alpha value is 0.0500. The molecule has 0 aromatic carbocycles. The van der Waals surface area contributed by atoms with E-state index in [9.17, 15) is 8.42 Å². The lowest BCUT2D eigenvalue weighted by Crippen LogP contribution is -2.33. The minimum Gasteiger partial charge on any atom is -0.394 e. The molecule has 1 rings (SSSR count). The maximum atomic E-state index is 11.5. The molecule has 0 aliphatic rings. The van der Waals surface area contributed by atoms with E-state index in [1.54, 1.807) is 6.07 Å². The summed E-state index contributed by atoms with van der Waals surface area (Å²) in [6.07, 6.45) is 0. The van der Waals surface area contributed by atoms with Crippen LogP contribution in [0, 0.1) is 0 Å². The lowest BCUT2D eigenvalue weighted by atomic mass is 10.7. The van der Waals surface area contributed by atoms with Crippen molar-refractivity contribution in [3.63, 3.8) is 0 Å². The molecule has 0 spiro atoms. The van der Waals surface area contributed by atoms with Gasteiger partial charge < -0.3 is 10.8 Å². The van der Waals surface area contributed by atoms with Gasteiger partial charge in [-0.3, -0.25) is 0 Å². The first-order chi connectivity index (χ1) is 5.98. The fraction of sp³-hybridized carbons (Fsp3) is 0.333. The number of aliphatic hydroxyl groups excluding tert-OH is 1. The van der Waals surface area contributed by atoms with E-state index in [-0.39, 0.29) is 4.21 Å². The summed E-state index contributed by atoms with van der Waals surface area (Å²) >= 11 is 4.22. The molecular formula is C6H8BrNO3S2. The van der Waals surface area contributed by atoms with Crippen molar-refractivity contribution < 1.29 is 13.5 Å². The minimum absolute atomic E-state index is 0.168. The average Bonchev–Trinajstić information content (AvgIpc) is 2.50. The van der Waals surface area contributed by atoms with Gasteiger partial charge in [0, 0.05) is 0 Å². The Morgan fingerprint density at radius 1 is 1.62 bits per heavy atom. The van der Waals surface area contributed by atoms with Gasteiger partial charge in [0.2, 0.25) is 9.84 Å². The first-order valence-electron chi connectivity index (χ1n) is 3.34. The molecular weight excluding hydrogens is 278 g/mol. The van der Waals surface area contributed by atoms with Gasteiger partial charge in [0.1, 0.15) is 9.58 Å². The second kappa shape index (κ2) is 4.05. The highest BCUT2D eigenvalue weighted by Crippen LogP contribution is 2.27. The minimum atomic E-state index is -3.55. The lowest BCUT2D eigenvalue weighted by molar-refractivity contribution is 0.292. The highest BCUT2D eigenvalue weighted by atomic mass is 79.9. The summed E-state index contributed by atoms with van der Waals surface area (Å²) in [6.45, 7) is -0.572. The van der Waals surface area contributed by atoms with Crippen molar-refractivity contribution in [2.45, 2.75) is 9.58 Å². The third kappa shape index (κ3) is 2.29. The number of sulfone groups is 1. The Bertz CT molecular complexity index is 386. The van der Waals surface area contributed by atoms with E-state index in [1.165, 1.54) is 6.07 Å². The van der Waals surface area contributed by atoms with E-state index in [0.717, 1.165) is 15.1 Å². The van der Waals surface area contributed by atoms with Gasteiger partial charge in [-0.2, -0.15) is 0 Å². The number of thiophene rings is 1. The first kappa shape index (κ1) is 11.1. The fourth-order valence-corrected chi connectivity index (χ4v) is 4.00. The van der Waals surface area contributed by atoms with Crippen LogP contribution in [-0.4, -0.2) is 25.5 Å². The lowest BCUT2D eigenvalue weighted by Gasteiger charge is -2.06. The predicted molar refractivity (Wildman–Crippen MR) is 54.3 cm³/mol. The largest absolute Gasteiger partial charge is 0.394 e. The van der Waals surface area contributed by atoms with E-state index in [4.69, 9.17) is 10.8 Å². The van der Waals surface area contributed by atoms with Gasteiger partial charge in [-0.25, -0.2) is 8.42 Å². The first-order valence-corrected chi connectivity index (χ1v) is 6.49. The topological polar surface area (TPSA) is 80.4 Å². The molecule has 0 saturated carbocycles. The summed E-state index contributed by atoms with van der Waals surface area (Å²) in [4.78, 5) is 0. The van der Waals surface area contributed by atoms with Crippen molar-refractivity contribution in [2.75, 3.05) is 6.61 Å². The maximum absolute atomic E-state index is 11.5. The molecule has 4 nitrogen and oxygen atoms in total. The van der Waals surface area contributed by atoms with Crippen LogP contribution in [0.5, 0.6) is 0 Å². The van der Waals surface area contributed by atoms with Crippen molar-refractivity contribution in [3.8, 4) is 0 Å². The van der Waals surface area contributed by atoms with Crippen LogP contribution >= 0.6 is 27.3 Å². The van der Waals surface area contributed by atoms with E-state index >= 15 is 0 Å². The molecule has 74 valence electrons. The molecule has 0 amide bonds. The molecule has 0 radical (unpaired) electrons. The fourth-order valence-electron chi connectivity index (χ4n) is 0.698. The zero-order valence-electron chi connectivity index (χ0n) is 6.47. The maximum Gasteiger partial charge on any atom is 0.205 e. The summed E-state index contributed by atoms with van der Waals surface area (Å²) in [5, 5.41) is 7.39. The third-order valence-corrected chi connectivity index (χ3v) is 5.42. The standard InChI is InChI=1S/C6H8BrNO3S2/c7-4-1-2-6(12-4)13(10,11)5(8)3-9/h1-2,5,9H,3,8H2. The van der Waals surface area contributed by atoms with Gasteiger partial charge in [-0.05, 0) is 28.1 Å². The summed E-state index contributed by atoms with van der Waals surface area (Å²) < 4.78 is 23.8.